The molecule has 0 saturated carbocycles. The average Bonchev–Trinajstić information content (AvgIpc) is 1.25. The number of aromatic amines is 4. The Labute approximate surface area is 708 Å². The molecule has 0 fully saturated rings. The molecule has 0 amide bonds. The lowest BCUT2D eigenvalue weighted by atomic mass is 10.2. The lowest BCUT2D eigenvalue weighted by Crippen LogP contribution is -2.15. The molecular formula is C85H68Cl8N22O2. The Hall–Kier alpha value is -12.5. The van der Waals surface area contributed by atoms with Gasteiger partial charge in [0.25, 0.3) is 5.56 Å². The van der Waals surface area contributed by atoms with Gasteiger partial charge in [0, 0.05) is 133 Å². The molecule has 0 bridgehead atoms. The molecule has 18 rings (SSSR count). The molecule has 0 atom stereocenters. The topological polar surface area (TPSA) is 319 Å². The van der Waals surface area contributed by atoms with Crippen molar-refractivity contribution in [2.75, 3.05) is 94.9 Å². The molecule has 32 heteroatoms. The Morgan fingerprint density at radius 1 is 0.308 bits per heavy atom. The fourth-order valence-electron chi connectivity index (χ4n) is 12.5. The second-order valence-corrected chi connectivity index (χ2v) is 29.4. The fraction of sp³-hybridized carbons (Fsp3) is 0.0941. The van der Waals surface area contributed by atoms with Crippen molar-refractivity contribution in [1.82, 2.24) is 70.4 Å². The Balaban J connectivity index is 0.000000122. The summed E-state index contributed by atoms with van der Waals surface area (Å²) in [5.41, 5.74) is 8.09. The number of halogens is 8. The van der Waals surface area contributed by atoms with Gasteiger partial charge in [-0.25, -0.2) is 39.9 Å². The minimum Gasteiger partial charge on any atom is -0.370 e. The Morgan fingerprint density at radius 3 is 1.03 bits per heavy atom. The van der Waals surface area contributed by atoms with E-state index in [1.807, 2.05) is 158 Å². The summed E-state index contributed by atoms with van der Waals surface area (Å²) in [4.78, 5) is 52.0. The van der Waals surface area contributed by atoms with Crippen molar-refractivity contribution in [2.24, 2.45) is 0 Å². The number of aromatic nitrogens is 14. The van der Waals surface area contributed by atoms with Crippen LogP contribution in [0.2, 0.25) is 40.2 Å². The summed E-state index contributed by atoms with van der Waals surface area (Å²) in [6.45, 7) is 5.18. The van der Waals surface area contributed by atoms with Crippen molar-refractivity contribution in [3.63, 3.8) is 0 Å². The summed E-state index contributed by atoms with van der Waals surface area (Å²) < 4.78 is 4.96. The van der Waals surface area contributed by atoms with Crippen LogP contribution in [0, 0.1) is 0 Å². The van der Waals surface area contributed by atoms with E-state index >= 15 is 0 Å². The summed E-state index contributed by atoms with van der Waals surface area (Å²) in [6.07, 6.45) is 1.70. The Kier molecular flexibility index (Phi) is 25.8. The van der Waals surface area contributed by atoms with E-state index in [9.17, 15) is 4.79 Å². The monoisotopic (exact) mass is 1710 g/mol. The highest BCUT2D eigenvalue weighted by Crippen LogP contribution is 2.37. The highest BCUT2D eigenvalue weighted by molar-refractivity contribution is 6.38. The molecule has 0 saturated heterocycles. The molecule has 24 nitrogen and oxygen atoms in total. The first kappa shape index (κ1) is 79.7. The SMILES string of the molecule is Clc1ccc(-c2nc(NCCNc3cc4ccccc4[nH]3)c3ccccc3n2)c(Cl)c1.Clc1ccc(-c2nc(NCCNc3ccn[nH]3)c3ccccc3n2)c(Cl)c1.Clc1ccc(-c2nc(NCCNc3n[nH]c4ccccc34)c3ccccc3n2)c(Cl)c1.O=c1cc(NCCNc2nc(-c3ccc(Cl)cc3Cl)nc3ccccc23)o[nH]1. The van der Waals surface area contributed by atoms with Crippen molar-refractivity contribution in [3.8, 4) is 45.6 Å². The van der Waals surface area contributed by atoms with Gasteiger partial charge in [-0.05, 0) is 152 Å². The molecule has 0 aliphatic rings. The third-order valence-corrected chi connectivity index (χ3v) is 20.2. The molecular weight excluding hydrogens is 1640 g/mol. The van der Waals surface area contributed by atoms with Crippen LogP contribution in [0.3, 0.4) is 0 Å². The normalized spacial score (nSPS) is 11.0. The van der Waals surface area contributed by atoms with E-state index in [0.29, 0.717) is 127 Å². The summed E-state index contributed by atoms with van der Waals surface area (Å²) in [7, 11) is 0. The Bertz CT molecular complexity index is 6540. The molecule has 10 aromatic carbocycles. The van der Waals surface area contributed by atoms with E-state index in [1.54, 1.807) is 60.8 Å². The van der Waals surface area contributed by atoms with Crippen LogP contribution < -0.4 is 48.1 Å². The van der Waals surface area contributed by atoms with E-state index in [0.717, 1.165) is 118 Å². The van der Waals surface area contributed by atoms with Crippen molar-refractivity contribution in [2.45, 2.75) is 0 Å². The van der Waals surface area contributed by atoms with E-state index in [-0.39, 0.29) is 5.56 Å². The summed E-state index contributed by atoms with van der Waals surface area (Å²) in [5.74, 6) is 8.21. The number of nitrogens with one attached hydrogen (secondary N) is 12. The first-order valence-electron chi connectivity index (χ1n) is 36.7. The van der Waals surface area contributed by atoms with Crippen LogP contribution in [-0.4, -0.2) is 123 Å². The minimum absolute atomic E-state index is 0.290. The Morgan fingerprint density at radius 2 is 0.658 bits per heavy atom. The van der Waals surface area contributed by atoms with Gasteiger partial charge >= 0.3 is 0 Å². The van der Waals surface area contributed by atoms with Crippen LogP contribution >= 0.6 is 92.8 Å². The predicted octanol–water partition coefficient (Wildman–Crippen LogP) is 21.9. The molecule has 586 valence electrons. The van der Waals surface area contributed by atoms with Crippen molar-refractivity contribution >= 4 is 205 Å². The number of para-hydroxylation sites is 6. The summed E-state index contributed by atoms with van der Waals surface area (Å²) in [6, 6.07) is 74.1. The second-order valence-electron chi connectivity index (χ2n) is 26.0. The highest BCUT2D eigenvalue weighted by Gasteiger charge is 2.19. The third-order valence-electron chi connectivity index (χ3n) is 18.0. The number of nitrogens with zero attached hydrogens (tertiary/aromatic N) is 10. The molecule has 0 aliphatic carbocycles. The van der Waals surface area contributed by atoms with Crippen molar-refractivity contribution in [3.05, 3.63) is 293 Å². The summed E-state index contributed by atoms with van der Waals surface area (Å²) in [5, 5.41) is 53.3. The number of hydrogen-bond acceptors (Lipinski definition) is 20. The van der Waals surface area contributed by atoms with Crippen LogP contribution in [0.4, 0.5) is 46.6 Å². The molecule has 12 N–H and O–H groups in total. The zero-order chi connectivity index (χ0) is 80.6. The average molecular weight is 1710 g/mol. The van der Waals surface area contributed by atoms with Crippen molar-refractivity contribution < 1.29 is 4.52 Å². The first-order valence-corrected chi connectivity index (χ1v) is 39.7. The zero-order valence-electron chi connectivity index (χ0n) is 61.6. The number of H-pyrrole nitrogens is 4. The van der Waals surface area contributed by atoms with Crippen LogP contribution in [0.25, 0.3) is 111 Å². The maximum absolute atomic E-state index is 11.1. The molecule has 0 unspecified atom stereocenters. The lowest BCUT2D eigenvalue weighted by Gasteiger charge is -2.12. The quantitative estimate of drug-likeness (QED) is 0.0250. The van der Waals surface area contributed by atoms with Gasteiger partial charge in [-0.2, -0.15) is 15.4 Å². The van der Waals surface area contributed by atoms with Gasteiger partial charge in [-0.15, -0.1) is 0 Å². The maximum Gasteiger partial charge on any atom is 0.282 e. The molecule has 0 aliphatic heterocycles. The third kappa shape index (κ3) is 20.1. The van der Waals surface area contributed by atoms with Crippen LogP contribution in [0.15, 0.2) is 252 Å². The van der Waals surface area contributed by atoms with Gasteiger partial charge < -0.3 is 52.0 Å². The van der Waals surface area contributed by atoms with Gasteiger partial charge in [0.05, 0.1) is 59.9 Å². The molecule has 117 heavy (non-hydrogen) atoms. The zero-order valence-corrected chi connectivity index (χ0v) is 67.6. The molecule has 18 aromatic rings. The smallest absolute Gasteiger partial charge is 0.282 e. The van der Waals surface area contributed by atoms with E-state index < -0.39 is 0 Å². The molecule has 8 heterocycles. The largest absolute Gasteiger partial charge is 0.370 e. The van der Waals surface area contributed by atoms with Gasteiger partial charge in [0.15, 0.2) is 29.1 Å². The summed E-state index contributed by atoms with van der Waals surface area (Å²) >= 11 is 49.6. The highest BCUT2D eigenvalue weighted by atomic mass is 35.5. The van der Waals surface area contributed by atoms with E-state index in [2.05, 4.69) is 106 Å². The first-order chi connectivity index (χ1) is 57.2. The van der Waals surface area contributed by atoms with E-state index in [4.69, 9.17) is 122 Å². The maximum atomic E-state index is 11.1. The fourth-order valence-corrected chi connectivity index (χ4v) is 14.5. The van der Waals surface area contributed by atoms with Gasteiger partial charge in [-0.3, -0.25) is 15.0 Å². The van der Waals surface area contributed by atoms with Crippen LogP contribution in [0.1, 0.15) is 0 Å². The predicted molar refractivity (Wildman–Crippen MR) is 480 cm³/mol. The van der Waals surface area contributed by atoms with Crippen molar-refractivity contribution in [1.29, 1.82) is 0 Å². The minimum atomic E-state index is -0.290. The van der Waals surface area contributed by atoms with Crippen LogP contribution in [0.5, 0.6) is 0 Å². The number of fused-ring (bicyclic) bond motifs is 6. The van der Waals surface area contributed by atoms with Gasteiger partial charge in [0.2, 0.25) is 5.88 Å². The van der Waals surface area contributed by atoms with E-state index in [1.165, 1.54) is 11.5 Å². The van der Waals surface area contributed by atoms with Crippen LogP contribution in [-0.2, 0) is 0 Å². The number of anilines is 8. The number of benzene rings is 10. The van der Waals surface area contributed by atoms with Gasteiger partial charge in [0.1, 0.15) is 34.9 Å². The standard InChI is InChI=1S/C24H19Cl2N5.C23H18Cl2N6.C19H16Cl2N6.C19H15Cl2N5O2/c25-16-9-10-17(19(26)14-16)24-30-21-8-4-2-6-18(21)23(31-24)28-12-11-27-22-13-15-5-1-3-7-20(15)29-22;24-14-9-10-15(18(25)13-14)23-28-19-7-3-1-5-16(19)21(29-23)26-11-12-27-22-17-6-2-4-8-20(17)30-31-22;20-12-5-6-13(15(21)11-12)19-25-16-4-2-1-3-14(16)18(26-19)23-10-9-22-17-7-8-24-27-17;20-11-5-6-12(14(21)9-11)19-24-15-4-2-1-3-13(15)18(25-19)23-8-7-22-17-10-16(27)26-28-17/h1-10,13-14,27,29H,11-12H2,(H,28,30,31);1-10,13H,11-12H2,(H,26,28,29)(H2,27,30,31);1-8,11H,9-10H2,(H2,22,24,27)(H,23,25,26);1-6,9-10,22H,7-8H2,(H,26,27)(H,23,24,25). The molecule has 0 radical (unpaired) electrons. The molecule has 0 spiro atoms. The second kappa shape index (κ2) is 37.9. The number of hydrogen-bond donors (Lipinski definition) is 12. The lowest BCUT2D eigenvalue weighted by molar-refractivity contribution is 0.426. The van der Waals surface area contributed by atoms with Gasteiger partial charge in [-0.1, -0.05) is 172 Å². The molecule has 8 aromatic heterocycles. The number of rotatable bonds is 24.